The van der Waals surface area contributed by atoms with Crippen molar-refractivity contribution in [3.63, 3.8) is 0 Å². The van der Waals surface area contributed by atoms with E-state index in [1.54, 1.807) is 0 Å². The Morgan fingerprint density at radius 1 is 1.17 bits per heavy atom. The first-order chi connectivity index (χ1) is 20.2. The molecule has 3 aromatic heterocycles. The Morgan fingerprint density at radius 3 is 2.67 bits per heavy atom. The van der Waals surface area contributed by atoms with Gasteiger partial charge in [0.1, 0.15) is 18.3 Å². The molecule has 6 rings (SSSR count). The molecule has 4 atom stereocenters. The first kappa shape index (κ1) is 28.4. The summed E-state index contributed by atoms with van der Waals surface area (Å²) in [5, 5.41) is 39.3. The van der Waals surface area contributed by atoms with Crippen molar-refractivity contribution < 1.29 is 33.3 Å². The van der Waals surface area contributed by atoms with Gasteiger partial charge in [0.25, 0.3) is 15.8 Å². The minimum atomic E-state index is -4.39. The maximum Gasteiger partial charge on any atom is 0.345 e. The number of halogens is 1. The number of hydrogen-bond acceptors (Lipinski definition) is 12. The van der Waals surface area contributed by atoms with Gasteiger partial charge in [-0.25, -0.2) is 18.1 Å². The van der Waals surface area contributed by atoms with Crippen LogP contribution in [0.5, 0.6) is 0 Å². The summed E-state index contributed by atoms with van der Waals surface area (Å²) in [5.74, 6) is 0.451. The van der Waals surface area contributed by atoms with Gasteiger partial charge in [-0.2, -0.15) is 15.1 Å². The van der Waals surface area contributed by atoms with Crippen LogP contribution in [0.25, 0.3) is 17.1 Å². The molecule has 5 N–H and O–H groups in total. The molecule has 2 aliphatic rings. The summed E-state index contributed by atoms with van der Waals surface area (Å²) >= 11 is 5.89. The van der Waals surface area contributed by atoms with Crippen molar-refractivity contribution in [1.82, 2.24) is 29.3 Å². The standard InChI is InChI=1S/C25H27ClN8O7S/c26-13-4-3-7-16(8-13)42(39,40)25(38)30-15-9-28-34(10-15)24-31-21(29-14-5-1-2-6-14)18-22(32-24)33(12-27-18)23-20(37)19(36)17(11-35)41-23/h3-4,7-10,12,14,17,19-20,23,35-37H,1-2,5-6,11H2,(H,30,38)(H,29,31,32)/t17-,19?,20?,23-/m1/s1. The second-order valence-electron chi connectivity index (χ2n) is 10.1. The molecule has 0 bridgehead atoms. The maximum atomic E-state index is 12.7. The Bertz CT molecular complexity index is 1740. The number of anilines is 2. The lowest BCUT2D eigenvalue weighted by atomic mass is 10.1. The molecule has 1 aliphatic carbocycles. The molecule has 1 aliphatic heterocycles. The summed E-state index contributed by atoms with van der Waals surface area (Å²) in [6.45, 7) is -0.495. The van der Waals surface area contributed by atoms with Crippen LogP contribution in [0.4, 0.5) is 16.3 Å². The lowest BCUT2D eigenvalue weighted by Crippen LogP contribution is -2.33. The van der Waals surface area contributed by atoms with Gasteiger partial charge in [-0.05, 0) is 31.0 Å². The van der Waals surface area contributed by atoms with Gasteiger partial charge >= 0.3 is 5.24 Å². The second kappa shape index (κ2) is 11.2. The number of rotatable bonds is 7. The first-order valence-electron chi connectivity index (χ1n) is 13.2. The van der Waals surface area contributed by atoms with Gasteiger partial charge in [-0.15, -0.1) is 0 Å². The van der Waals surface area contributed by atoms with Gasteiger partial charge in [-0.1, -0.05) is 30.5 Å². The van der Waals surface area contributed by atoms with Crippen molar-refractivity contribution in [2.24, 2.45) is 0 Å². The number of fused-ring (bicyclic) bond motifs is 1. The number of benzene rings is 1. The molecule has 2 unspecified atom stereocenters. The molecular formula is C25H27ClN8O7S. The Kier molecular flexibility index (Phi) is 7.59. The van der Waals surface area contributed by atoms with Crippen LogP contribution >= 0.6 is 11.6 Å². The lowest BCUT2D eigenvalue weighted by Gasteiger charge is -2.18. The van der Waals surface area contributed by atoms with Crippen LogP contribution < -0.4 is 10.6 Å². The number of imidazole rings is 1. The molecule has 0 spiro atoms. The minimum Gasteiger partial charge on any atom is -0.394 e. The third-order valence-corrected chi connectivity index (χ3v) is 8.98. The number of aliphatic hydroxyl groups excluding tert-OH is 3. The number of hydrogen-bond donors (Lipinski definition) is 5. The van der Waals surface area contributed by atoms with Crippen LogP contribution in [0.15, 0.2) is 47.9 Å². The highest BCUT2D eigenvalue weighted by molar-refractivity contribution is 8.06. The average molecular weight is 619 g/mol. The molecule has 4 aromatic rings. The van der Waals surface area contributed by atoms with Gasteiger partial charge in [0.05, 0.1) is 35.9 Å². The van der Waals surface area contributed by atoms with Crippen LogP contribution in [0.2, 0.25) is 5.02 Å². The van der Waals surface area contributed by atoms with Crippen molar-refractivity contribution in [1.29, 1.82) is 0 Å². The molecule has 0 radical (unpaired) electrons. The Balaban J connectivity index is 1.34. The number of amides is 1. The van der Waals surface area contributed by atoms with Crippen LogP contribution in [0.3, 0.4) is 0 Å². The fourth-order valence-corrected chi connectivity index (χ4v) is 6.35. The lowest BCUT2D eigenvalue weighted by molar-refractivity contribution is -0.0511. The van der Waals surface area contributed by atoms with Gasteiger partial charge in [0.2, 0.25) is 0 Å². The summed E-state index contributed by atoms with van der Waals surface area (Å²) in [7, 11) is -4.39. The van der Waals surface area contributed by atoms with Crippen LogP contribution in [-0.2, 0) is 14.6 Å². The van der Waals surface area contributed by atoms with E-state index in [0.717, 1.165) is 25.7 Å². The molecule has 17 heteroatoms. The van der Waals surface area contributed by atoms with E-state index >= 15 is 0 Å². The number of carbonyl (C=O) groups is 1. The van der Waals surface area contributed by atoms with Crippen molar-refractivity contribution in [2.45, 2.75) is 61.2 Å². The molecular weight excluding hydrogens is 592 g/mol. The number of aromatic nitrogens is 6. The molecule has 4 heterocycles. The van der Waals surface area contributed by atoms with Crippen LogP contribution in [-0.4, -0.2) is 89.2 Å². The van der Waals surface area contributed by atoms with Gasteiger partial charge < -0.3 is 30.7 Å². The van der Waals surface area contributed by atoms with Gasteiger partial charge in [0.15, 0.2) is 23.2 Å². The third-order valence-electron chi connectivity index (χ3n) is 7.28. The fraction of sp³-hybridized carbons (Fsp3) is 0.400. The number of nitrogens with one attached hydrogen (secondary N) is 2. The maximum absolute atomic E-state index is 12.7. The van der Waals surface area contributed by atoms with Crippen molar-refractivity contribution in [3.8, 4) is 5.95 Å². The van der Waals surface area contributed by atoms with Crippen LogP contribution in [0, 0.1) is 0 Å². The van der Waals surface area contributed by atoms with E-state index in [-0.39, 0.29) is 33.2 Å². The minimum absolute atomic E-state index is 0.0506. The smallest absolute Gasteiger partial charge is 0.345 e. The predicted octanol–water partition coefficient (Wildman–Crippen LogP) is 1.64. The topological polar surface area (TPSA) is 207 Å². The van der Waals surface area contributed by atoms with Crippen LogP contribution in [0.1, 0.15) is 31.9 Å². The third kappa shape index (κ3) is 5.21. The van der Waals surface area contributed by atoms with Crippen molar-refractivity contribution >= 4 is 49.3 Å². The molecule has 2 fully saturated rings. The van der Waals surface area contributed by atoms with E-state index in [2.05, 4.69) is 30.7 Å². The number of carbonyl (C=O) groups excluding carboxylic acids is 1. The van der Waals surface area contributed by atoms with Gasteiger partial charge in [-0.3, -0.25) is 9.36 Å². The highest BCUT2D eigenvalue weighted by atomic mass is 35.5. The molecule has 1 amide bonds. The molecule has 1 saturated carbocycles. The number of nitrogens with zero attached hydrogens (tertiary/aromatic N) is 6. The zero-order valence-corrected chi connectivity index (χ0v) is 23.5. The summed E-state index contributed by atoms with van der Waals surface area (Å²) in [6, 6.07) is 5.52. The predicted molar refractivity (Wildman–Crippen MR) is 149 cm³/mol. The zero-order valence-electron chi connectivity index (χ0n) is 21.9. The number of ether oxygens (including phenoxy) is 1. The highest BCUT2D eigenvalue weighted by Crippen LogP contribution is 2.33. The monoisotopic (exact) mass is 618 g/mol. The Labute approximate surface area is 244 Å². The molecule has 42 heavy (non-hydrogen) atoms. The van der Waals surface area contributed by atoms with E-state index in [1.165, 1.54) is 52.2 Å². The molecule has 15 nitrogen and oxygen atoms in total. The largest absolute Gasteiger partial charge is 0.394 e. The van der Waals surface area contributed by atoms with E-state index in [9.17, 15) is 28.5 Å². The van der Waals surface area contributed by atoms with Crippen molar-refractivity contribution in [2.75, 3.05) is 17.2 Å². The van der Waals surface area contributed by atoms with E-state index < -0.39 is 46.2 Å². The highest BCUT2D eigenvalue weighted by Gasteiger charge is 2.44. The van der Waals surface area contributed by atoms with E-state index in [0.29, 0.717) is 11.3 Å². The summed E-state index contributed by atoms with van der Waals surface area (Å²) < 4.78 is 33.9. The van der Waals surface area contributed by atoms with E-state index in [1.807, 2.05) is 0 Å². The average Bonchev–Trinajstić information content (AvgIpc) is 3.78. The Morgan fingerprint density at radius 2 is 1.95 bits per heavy atom. The Hall–Kier alpha value is -3.67. The van der Waals surface area contributed by atoms with E-state index in [4.69, 9.17) is 16.3 Å². The SMILES string of the molecule is O=C(Nc1cnn(-c2nc(NC3CCCC3)c3ncn([C@@H]4O[C@H](CO)C(O)C4O)c3n2)c1)S(=O)(=O)c1cccc(Cl)c1. The summed E-state index contributed by atoms with van der Waals surface area (Å²) in [5.41, 5.74) is 0.702. The number of sulfone groups is 1. The molecule has 222 valence electrons. The molecule has 1 saturated heterocycles. The normalized spacial score (nSPS) is 23.0. The number of aliphatic hydroxyl groups is 3. The van der Waals surface area contributed by atoms with Gasteiger partial charge in [0, 0.05) is 11.1 Å². The second-order valence-corrected chi connectivity index (χ2v) is 12.4. The first-order valence-corrected chi connectivity index (χ1v) is 15.0. The quantitative estimate of drug-likeness (QED) is 0.200. The van der Waals surface area contributed by atoms with Crippen molar-refractivity contribution in [3.05, 3.63) is 48.0 Å². The molecule has 1 aromatic carbocycles. The fourth-order valence-electron chi connectivity index (χ4n) is 5.09. The zero-order chi connectivity index (χ0) is 29.6. The summed E-state index contributed by atoms with van der Waals surface area (Å²) in [6.07, 6.45) is 3.22. The summed E-state index contributed by atoms with van der Waals surface area (Å²) in [4.78, 5) is 26.0.